The van der Waals surface area contributed by atoms with Gasteiger partial charge in [-0.15, -0.1) is 0 Å². The maximum atomic E-state index is 8.06. The molecule has 0 aliphatic rings. The molecule has 0 aromatic heterocycles. The van der Waals surface area contributed by atoms with E-state index in [9.17, 15) is 0 Å². The van der Waals surface area contributed by atoms with E-state index >= 15 is 0 Å². The van der Waals surface area contributed by atoms with Crippen LogP contribution in [0, 0.1) is 0 Å². The molecule has 0 bridgehead atoms. The summed E-state index contributed by atoms with van der Waals surface area (Å²) >= 11 is 0. The van der Waals surface area contributed by atoms with Gasteiger partial charge in [0.05, 0.1) is 0 Å². The fourth-order valence-corrected chi connectivity index (χ4v) is 57.2. The van der Waals surface area contributed by atoms with Crippen LogP contribution in [-0.4, -0.2) is 84.4 Å². The predicted molar refractivity (Wildman–Crippen MR) is 339 cm³/mol. The van der Waals surface area contributed by atoms with Crippen LogP contribution in [-0.2, 0) is 24.7 Å². The molecule has 0 aliphatic carbocycles. The van der Waals surface area contributed by atoms with Gasteiger partial charge in [-0.2, -0.15) is 0 Å². The molecule has 73 heavy (non-hydrogen) atoms. The van der Waals surface area contributed by atoms with Gasteiger partial charge in [-0.1, -0.05) is 208 Å². The highest BCUT2D eigenvalue weighted by atomic mass is 28.5. The lowest BCUT2D eigenvalue weighted by Crippen LogP contribution is -2.71. The largest absolute Gasteiger partial charge is 0.433 e. The molecule has 0 N–H and O–H groups in total. The van der Waals surface area contributed by atoms with Crippen molar-refractivity contribution in [2.45, 2.75) is 134 Å². The van der Waals surface area contributed by atoms with Gasteiger partial charge in [0.1, 0.15) is 0 Å². The van der Waals surface area contributed by atoms with Crippen LogP contribution in [0.4, 0.5) is 0 Å². The van der Waals surface area contributed by atoms with Gasteiger partial charge in [0.2, 0.25) is 0 Å². The molecule has 6 aromatic rings. The lowest BCUT2D eigenvalue weighted by Gasteiger charge is -2.45. The van der Waals surface area contributed by atoms with Crippen LogP contribution >= 0.6 is 0 Å². The molecule has 16 heteroatoms. The summed E-state index contributed by atoms with van der Waals surface area (Å²) in [5, 5.41) is 7.07. The van der Waals surface area contributed by atoms with Crippen molar-refractivity contribution in [2.75, 3.05) is 0 Å². The lowest BCUT2D eigenvalue weighted by molar-refractivity contribution is 0.398. The molecule has 0 atom stereocenters. The first kappa shape index (κ1) is 59.5. The average Bonchev–Trinajstić information content (AvgIpc) is 3.35. The average molecular weight is 1150 g/mol. The molecular formula is C57H88O6Si10. The topological polar surface area (TPSA) is 55.4 Å². The highest BCUT2D eigenvalue weighted by Gasteiger charge is 2.54. The second-order valence-electron chi connectivity index (χ2n) is 24.6. The predicted octanol–water partition coefficient (Wildman–Crippen LogP) is 12.2. The Kier molecular flexibility index (Phi) is 20.1. The molecule has 0 amide bonds. The fraction of sp³-hybridized carbons (Fsp3) is 0.368. The van der Waals surface area contributed by atoms with Gasteiger partial charge in [0, 0.05) is 8.07 Å². The monoisotopic (exact) mass is 1150 g/mol. The van der Waals surface area contributed by atoms with Crippen molar-refractivity contribution in [3.05, 3.63) is 182 Å². The summed E-state index contributed by atoms with van der Waals surface area (Å²) in [6, 6.07) is 71.5. The summed E-state index contributed by atoms with van der Waals surface area (Å²) in [7, 11) is -24.6. The summed E-state index contributed by atoms with van der Waals surface area (Å²) in [6.45, 7) is 36.1. The molecule has 6 aromatic carbocycles. The fourth-order valence-electron chi connectivity index (χ4n) is 9.65. The van der Waals surface area contributed by atoms with Gasteiger partial charge in [0.25, 0.3) is 0 Å². The van der Waals surface area contributed by atoms with Crippen molar-refractivity contribution in [2.24, 2.45) is 0 Å². The zero-order chi connectivity index (χ0) is 53.2. The zero-order valence-corrected chi connectivity index (χ0v) is 57.2. The van der Waals surface area contributed by atoms with Crippen LogP contribution in [0.5, 0.6) is 0 Å². The molecule has 0 spiro atoms. The third kappa shape index (κ3) is 16.6. The van der Waals surface area contributed by atoms with Gasteiger partial charge in [-0.3, -0.25) is 0 Å². The SMILES string of the molecule is C[SiH](C)O[Si](O[Si](C)(C)CC[Si](C)(C)O[Si](O[Si](C)(C)CC[Si](C)(C)O[Si](O[Si](C)(C)CC[Si](C)(C)C)(c1ccccc1)c1ccccc1)(c1ccccc1)c1ccccc1)(c1ccccc1)c1ccccc1. The number of hydrogen-bond donors (Lipinski definition) is 0. The van der Waals surface area contributed by atoms with E-state index in [1.54, 1.807) is 0 Å². The van der Waals surface area contributed by atoms with E-state index in [2.05, 4.69) is 280 Å². The zero-order valence-electron chi connectivity index (χ0n) is 47.1. The van der Waals surface area contributed by atoms with Crippen LogP contribution in [0.2, 0.25) is 134 Å². The van der Waals surface area contributed by atoms with E-state index in [1.165, 1.54) is 26.8 Å². The molecular weight excluding hydrogens is 1060 g/mol. The Morgan fingerprint density at radius 2 is 0.438 bits per heavy atom. The van der Waals surface area contributed by atoms with Crippen molar-refractivity contribution >= 4 is 116 Å². The van der Waals surface area contributed by atoms with Crippen LogP contribution in [0.3, 0.4) is 0 Å². The molecule has 6 nitrogen and oxygen atoms in total. The van der Waals surface area contributed by atoms with E-state index < -0.39 is 84.4 Å². The minimum atomic E-state index is -3.34. The maximum Gasteiger partial charge on any atom is 0.386 e. The summed E-state index contributed by atoms with van der Waals surface area (Å²) in [5.74, 6) is 0. The standard InChI is InChI=1S/C57H88O6Si10/c1-64(2)58-71(52-34-22-16-23-35-52,53-36-24-17-25-37-53)59-67(8,9)48-49-68(10,11)62-73(56-42-30-20-31-43-56,57-44-32-21-33-45-57)63-70(14,15)51-50-69(12,13)61-72(54-38-26-18-27-39-54,55-40-28-19-29-41-55)60-66(6,7)47-46-65(3,4)5/h16-45,64H,46-51H2,1-15H3. The first-order chi connectivity index (χ1) is 34.2. The minimum Gasteiger partial charge on any atom is -0.433 e. The van der Waals surface area contributed by atoms with Crippen LogP contribution in [0.15, 0.2) is 182 Å². The van der Waals surface area contributed by atoms with Gasteiger partial charge in [-0.25, -0.2) is 0 Å². The highest BCUT2D eigenvalue weighted by molar-refractivity contribution is 7.05. The molecule has 0 aliphatic heterocycles. The summed E-state index contributed by atoms with van der Waals surface area (Å²) in [5.41, 5.74) is 0. The second kappa shape index (κ2) is 24.7. The molecule has 0 saturated carbocycles. The van der Waals surface area contributed by atoms with Crippen molar-refractivity contribution in [3.63, 3.8) is 0 Å². The highest BCUT2D eigenvalue weighted by Crippen LogP contribution is 2.34. The Morgan fingerprint density at radius 1 is 0.260 bits per heavy atom. The van der Waals surface area contributed by atoms with E-state index in [0.29, 0.717) is 0 Å². The van der Waals surface area contributed by atoms with Gasteiger partial charge >= 0.3 is 25.7 Å². The number of hydrogen-bond acceptors (Lipinski definition) is 6. The molecule has 392 valence electrons. The Bertz CT molecular complexity index is 2470. The quantitative estimate of drug-likeness (QED) is 0.0479. The third-order valence-corrected chi connectivity index (χ3v) is 50.7. The first-order valence-corrected chi connectivity index (χ1v) is 54.2. The molecule has 0 heterocycles. The van der Waals surface area contributed by atoms with Crippen molar-refractivity contribution in [1.82, 2.24) is 0 Å². The molecule has 0 unspecified atom stereocenters. The van der Waals surface area contributed by atoms with Crippen LogP contribution in [0.1, 0.15) is 0 Å². The Morgan fingerprint density at radius 3 is 0.630 bits per heavy atom. The Balaban J connectivity index is 1.33. The second-order valence-corrected chi connectivity index (χ2v) is 64.6. The molecule has 0 saturated heterocycles. The van der Waals surface area contributed by atoms with Crippen molar-refractivity contribution < 1.29 is 24.7 Å². The van der Waals surface area contributed by atoms with Crippen LogP contribution < -0.4 is 31.1 Å². The van der Waals surface area contributed by atoms with E-state index in [0.717, 1.165) is 40.6 Å². The molecule has 0 fully saturated rings. The smallest absolute Gasteiger partial charge is 0.386 e. The van der Waals surface area contributed by atoms with E-state index in [4.69, 9.17) is 24.7 Å². The third-order valence-electron chi connectivity index (χ3n) is 13.6. The Labute approximate surface area is 453 Å². The lowest BCUT2D eigenvalue weighted by atomic mass is 10.4. The normalized spacial score (nSPS) is 13.6. The first-order valence-electron chi connectivity index (χ1n) is 26.7. The van der Waals surface area contributed by atoms with E-state index in [-0.39, 0.29) is 0 Å². The Hall–Kier alpha value is -2.75. The van der Waals surface area contributed by atoms with Gasteiger partial charge < -0.3 is 24.7 Å². The van der Waals surface area contributed by atoms with Gasteiger partial charge in [-0.05, 0) is 140 Å². The maximum absolute atomic E-state index is 8.06. The molecule has 6 rings (SSSR count). The minimum absolute atomic E-state index is 0.940. The summed E-state index contributed by atoms with van der Waals surface area (Å²) in [4.78, 5) is 0. The number of benzene rings is 6. The van der Waals surface area contributed by atoms with E-state index in [1.807, 2.05) is 0 Å². The number of rotatable bonds is 27. The summed E-state index contributed by atoms with van der Waals surface area (Å²) < 4.78 is 46.9. The van der Waals surface area contributed by atoms with Crippen LogP contribution in [0.25, 0.3) is 0 Å². The molecule has 0 radical (unpaired) electrons. The van der Waals surface area contributed by atoms with Crippen molar-refractivity contribution in [3.8, 4) is 0 Å². The summed E-state index contributed by atoms with van der Waals surface area (Å²) in [6.07, 6.45) is 0. The van der Waals surface area contributed by atoms with Crippen molar-refractivity contribution in [1.29, 1.82) is 0 Å². The van der Waals surface area contributed by atoms with Gasteiger partial charge in [0.15, 0.2) is 50.6 Å².